The molecule has 1 aliphatic rings. The molecule has 1 heterocycles. The first kappa shape index (κ1) is 21.3. The first-order chi connectivity index (χ1) is 13.7. The second-order valence-corrected chi connectivity index (χ2v) is 11.1. The molecule has 0 N–H and O–H groups in total. The quantitative estimate of drug-likeness (QED) is 0.692. The van der Waals surface area contributed by atoms with Gasteiger partial charge in [-0.15, -0.1) is 0 Å². The van der Waals surface area contributed by atoms with Gasteiger partial charge in [-0.1, -0.05) is 30.3 Å². The van der Waals surface area contributed by atoms with E-state index in [0.717, 1.165) is 4.31 Å². The molecule has 7 nitrogen and oxygen atoms in total. The van der Waals surface area contributed by atoms with Crippen LogP contribution in [0.1, 0.15) is 23.7 Å². The molecule has 0 bridgehead atoms. The fraction of sp³-hybridized carbons (Fsp3) is 0.350. The number of sulfonamides is 1. The molecule has 9 heteroatoms. The molecule has 1 amide bonds. The lowest BCUT2D eigenvalue weighted by Gasteiger charge is -2.28. The maximum absolute atomic E-state index is 13.3. The van der Waals surface area contributed by atoms with Gasteiger partial charge in [0.15, 0.2) is 9.84 Å². The zero-order valence-corrected chi connectivity index (χ0v) is 18.0. The van der Waals surface area contributed by atoms with Gasteiger partial charge in [0.05, 0.1) is 22.8 Å². The zero-order chi connectivity index (χ0) is 21.2. The summed E-state index contributed by atoms with van der Waals surface area (Å²) < 4.78 is 51.3. The fourth-order valence-electron chi connectivity index (χ4n) is 3.54. The molecule has 2 aromatic rings. The van der Waals surface area contributed by atoms with Gasteiger partial charge in [0.25, 0.3) is 15.9 Å². The van der Waals surface area contributed by atoms with Crippen LogP contribution in [0.4, 0.5) is 5.69 Å². The number of rotatable bonds is 6. The highest BCUT2D eigenvalue weighted by atomic mass is 32.2. The predicted octanol–water partition coefficient (Wildman–Crippen LogP) is 2.16. The van der Waals surface area contributed by atoms with Gasteiger partial charge in [0, 0.05) is 19.6 Å². The van der Waals surface area contributed by atoms with Crippen LogP contribution >= 0.6 is 0 Å². The molecule has 1 fully saturated rings. The average Bonchev–Trinajstić information content (AvgIpc) is 3.07. The molecular weight excluding hydrogens is 412 g/mol. The Balaban J connectivity index is 1.99. The summed E-state index contributed by atoms with van der Waals surface area (Å²) in [6.07, 6.45) is 0.362. The van der Waals surface area contributed by atoms with Gasteiger partial charge in [-0.25, -0.2) is 16.8 Å². The lowest BCUT2D eigenvalue weighted by molar-refractivity contribution is 0.0704. The highest BCUT2D eigenvalue weighted by Crippen LogP contribution is 2.27. The van der Waals surface area contributed by atoms with Crippen LogP contribution in [-0.2, 0) is 19.9 Å². The van der Waals surface area contributed by atoms with E-state index in [0.29, 0.717) is 18.7 Å². The van der Waals surface area contributed by atoms with Gasteiger partial charge in [-0.2, -0.15) is 0 Å². The van der Waals surface area contributed by atoms with E-state index in [-0.39, 0.29) is 22.0 Å². The van der Waals surface area contributed by atoms with Crippen molar-refractivity contribution in [3.63, 3.8) is 0 Å². The molecule has 1 atom stereocenters. The highest BCUT2D eigenvalue weighted by molar-refractivity contribution is 7.93. The van der Waals surface area contributed by atoms with Crippen LogP contribution in [0.15, 0.2) is 59.5 Å². The van der Waals surface area contributed by atoms with Crippen molar-refractivity contribution in [2.75, 3.05) is 29.4 Å². The monoisotopic (exact) mass is 436 g/mol. The Hall–Kier alpha value is -2.39. The second-order valence-electron chi connectivity index (χ2n) is 6.95. The largest absolute Gasteiger partial charge is 0.335 e. The van der Waals surface area contributed by atoms with Crippen LogP contribution in [-0.4, -0.2) is 58.8 Å². The Kier molecular flexibility index (Phi) is 6.00. The second kappa shape index (κ2) is 8.16. The van der Waals surface area contributed by atoms with E-state index in [9.17, 15) is 21.6 Å². The number of sulfone groups is 1. The Bertz CT molecular complexity index is 1100. The fourth-order valence-corrected chi connectivity index (χ4v) is 6.64. The normalized spacial score (nSPS) is 18.3. The van der Waals surface area contributed by atoms with E-state index in [2.05, 4.69) is 0 Å². The summed E-state index contributed by atoms with van der Waals surface area (Å²) in [5.41, 5.74) is 0.519. The van der Waals surface area contributed by atoms with E-state index >= 15 is 0 Å². The van der Waals surface area contributed by atoms with Crippen molar-refractivity contribution in [3.05, 3.63) is 60.2 Å². The maximum atomic E-state index is 13.3. The van der Waals surface area contributed by atoms with E-state index in [1.807, 2.05) is 0 Å². The molecule has 0 unspecified atom stereocenters. The summed E-state index contributed by atoms with van der Waals surface area (Å²) in [6, 6.07) is 14.2. The molecular formula is C20H24N2O5S2. The number of amides is 1. The van der Waals surface area contributed by atoms with Gasteiger partial charge < -0.3 is 4.90 Å². The van der Waals surface area contributed by atoms with Crippen molar-refractivity contribution >= 4 is 31.5 Å². The predicted molar refractivity (Wildman–Crippen MR) is 112 cm³/mol. The molecule has 1 saturated heterocycles. The topological polar surface area (TPSA) is 91.8 Å². The molecule has 0 spiro atoms. The number of carbonyl (C=O) groups excluding carboxylic acids is 1. The zero-order valence-electron chi connectivity index (χ0n) is 16.4. The van der Waals surface area contributed by atoms with Gasteiger partial charge >= 0.3 is 0 Å². The van der Waals surface area contributed by atoms with E-state index in [1.165, 1.54) is 24.1 Å². The summed E-state index contributed by atoms with van der Waals surface area (Å²) >= 11 is 0. The Morgan fingerprint density at radius 2 is 1.69 bits per heavy atom. The highest BCUT2D eigenvalue weighted by Gasteiger charge is 2.36. The SMILES string of the molecule is CCN(C(=O)c1ccccc1S(=O)(=O)N(C)c1ccccc1)[C@@H]1CCS(=O)(=O)C1. The summed E-state index contributed by atoms with van der Waals surface area (Å²) in [5.74, 6) is -0.529. The summed E-state index contributed by atoms with van der Waals surface area (Å²) in [7, 11) is -5.73. The molecule has 3 rings (SSSR count). The lowest BCUT2D eigenvalue weighted by atomic mass is 10.1. The third-order valence-electron chi connectivity index (χ3n) is 5.13. The van der Waals surface area contributed by atoms with Gasteiger partial charge in [-0.3, -0.25) is 9.10 Å². The number of hydrogen-bond acceptors (Lipinski definition) is 5. The van der Waals surface area contributed by atoms with Crippen molar-refractivity contribution in [1.29, 1.82) is 0 Å². The number of benzene rings is 2. The van der Waals surface area contributed by atoms with Crippen LogP contribution in [0.2, 0.25) is 0 Å². The van der Waals surface area contributed by atoms with Gasteiger partial charge in [-0.05, 0) is 37.6 Å². The van der Waals surface area contributed by atoms with E-state index < -0.39 is 31.8 Å². The molecule has 0 radical (unpaired) electrons. The molecule has 1 aliphatic heterocycles. The van der Waals surface area contributed by atoms with Gasteiger partial charge in [0.1, 0.15) is 4.90 Å². The minimum Gasteiger partial charge on any atom is -0.335 e. The minimum atomic E-state index is -3.99. The Labute approximate surface area is 171 Å². The number of nitrogens with zero attached hydrogens (tertiary/aromatic N) is 2. The van der Waals surface area contributed by atoms with Crippen molar-refractivity contribution in [1.82, 2.24) is 4.90 Å². The van der Waals surface area contributed by atoms with Crippen LogP contribution < -0.4 is 4.31 Å². The lowest BCUT2D eigenvalue weighted by Crippen LogP contribution is -2.41. The number of hydrogen-bond donors (Lipinski definition) is 0. The first-order valence-corrected chi connectivity index (χ1v) is 12.6. The van der Waals surface area contributed by atoms with E-state index in [4.69, 9.17) is 0 Å². The third kappa shape index (κ3) is 4.30. The van der Waals surface area contributed by atoms with Crippen LogP contribution in [0.25, 0.3) is 0 Å². The minimum absolute atomic E-state index is 0.0398. The van der Waals surface area contributed by atoms with Crippen LogP contribution in [0.3, 0.4) is 0 Å². The number of anilines is 1. The maximum Gasteiger partial charge on any atom is 0.264 e. The van der Waals surface area contributed by atoms with E-state index in [1.54, 1.807) is 49.4 Å². The number of carbonyl (C=O) groups is 1. The summed E-state index contributed by atoms with van der Waals surface area (Å²) in [4.78, 5) is 14.6. The van der Waals surface area contributed by atoms with Crippen LogP contribution in [0.5, 0.6) is 0 Å². The molecule has 0 saturated carbocycles. The molecule has 29 heavy (non-hydrogen) atoms. The van der Waals surface area contributed by atoms with Crippen molar-refractivity contribution in [2.45, 2.75) is 24.3 Å². The van der Waals surface area contributed by atoms with Gasteiger partial charge in [0.2, 0.25) is 0 Å². The third-order valence-corrected chi connectivity index (χ3v) is 8.72. The summed E-state index contributed by atoms with van der Waals surface area (Å²) in [6.45, 7) is 2.05. The molecule has 0 aromatic heterocycles. The smallest absolute Gasteiger partial charge is 0.264 e. The first-order valence-electron chi connectivity index (χ1n) is 9.32. The molecule has 156 valence electrons. The number of para-hydroxylation sites is 1. The average molecular weight is 437 g/mol. The molecule has 2 aromatic carbocycles. The Morgan fingerprint density at radius 1 is 1.07 bits per heavy atom. The van der Waals surface area contributed by atoms with Crippen molar-refractivity contribution < 1.29 is 21.6 Å². The summed E-state index contributed by atoms with van der Waals surface area (Å²) in [5, 5.41) is 0. The van der Waals surface area contributed by atoms with Crippen LogP contribution in [0, 0.1) is 0 Å². The Morgan fingerprint density at radius 3 is 2.28 bits per heavy atom. The van der Waals surface area contributed by atoms with Crippen molar-refractivity contribution in [2.24, 2.45) is 0 Å². The molecule has 0 aliphatic carbocycles. The van der Waals surface area contributed by atoms with Crippen molar-refractivity contribution in [3.8, 4) is 0 Å². The standard InChI is InChI=1S/C20H24N2O5S2/c1-3-22(17-13-14-28(24,25)15-17)20(23)18-11-7-8-12-19(18)29(26,27)21(2)16-9-5-4-6-10-16/h4-12,17H,3,13-15H2,1-2H3/t17-/m1/s1.